The number of hydrogen-bond acceptors (Lipinski definition) is 5. The molecular weight excluding hydrogens is 358 g/mol. The largest absolute Gasteiger partial charge is 0.496 e. The molecule has 1 N–H and O–H groups in total. The van der Waals surface area contributed by atoms with Crippen LogP contribution in [-0.4, -0.2) is 36.3 Å². The fourth-order valence-corrected chi connectivity index (χ4v) is 3.18. The summed E-state index contributed by atoms with van der Waals surface area (Å²) >= 11 is 0. The van der Waals surface area contributed by atoms with Crippen LogP contribution in [0.1, 0.15) is 34.0 Å². The lowest BCUT2D eigenvalue weighted by Crippen LogP contribution is -2.41. The number of rotatable bonds is 5. The van der Waals surface area contributed by atoms with Crippen molar-refractivity contribution < 1.29 is 19.1 Å². The van der Waals surface area contributed by atoms with E-state index in [0.29, 0.717) is 22.4 Å². The molecule has 1 aliphatic rings. The van der Waals surface area contributed by atoms with Gasteiger partial charge in [-0.1, -0.05) is 23.8 Å². The fraction of sp³-hybridized carbons (Fsp3) is 0.238. The molecule has 7 heteroatoms. The van der Waals surface area contributed by atoms with Crippen molar-refractivity contribution in [1.82, 2.24) is 10.2 Å². The van der Waals surface area contributed by atoms with Crippen LogP contribution in [0.5, 0.6) is 5.75 Å². The van der Waals surface area contributed by atoms with E-state index in [0.717, 1.165) is 10.5 Å². The lowest BCUT2D eigenvalue weighted by atomic mass is 9.91. The van der Waals surface area contributed by atoms with Gasteiger partial charge in [0.25, 0.3) is 5.91 Å². The van der Waals surface area contributed by atoms with Gasteiger partial charge in [-0.3, -0.25) is 14.5 Å². The predicted octanol–water partition coefficient (Wildman–Crippen LogP) is 2.53. The van der Waals surface area contributed by atoms with Gasteiger partial charge in [-0.05, 0) is 43.7 Å². The molecule has 1 heterocycles. The van der Waals surface area contributed by atoms with Gasteiger partial charge in [0.05, 0.1) is 30.9 Å². The minimum absolute atomic E-state index is 0.315. The van der Waals surface area contributed by atoms with Gasteiger partial charge in [0.2, 0.25) is 0 Å². The smallest absolute Gasteiger partial charge is 0.325 e. The summed E-state index contributed by atoms with van der Waals surface area (Å²) in [7, 11) is 1.46. The van der Waals surface area contributed by atoms with E-state index >= 15 is 0 Å². The zero-order valence-electron chi connectivity index (χ0n) is 15.8. The molecule has 2 aromatic rings. The molecule has 2 aromatic carbocycles. The monoisotopic (exact) mass is 377 g/mol. The third-order valence-electron chi connectivity index (χ3n) is 4.82. The van der Waals surface area contributed by atoms with E-state index in [9.17, 15) is 14.4 Å². The maximum Gasteiger partial charge on any atom is 0.325 e. The molecular formula is C21H19N3O4. The highest BCUT2D eigenvalue weighted by Crippen LogP contribution is 2.30. The van der Waals surface area contributed by atoms with Crippen LogP contribution in [0.4, 0.5) is 4.79 Å². The van der Waals surface area contributed by atoms with E-state index in [-0.39, 0.29) is 0 Å². The molecule has 3 rings (SSSR count). The lowest BCUT2D eigenvalue weighted by molar-refractivity contribution is -0.130. The molecule has 0 radical (unpaired) electrons. The molecule has 1 atom stereocenters. The van der Waals surface area contributed by atoms with Gasteiger partial charge >= 0.3 is 6.03 Å². The van der Waals surface area contributed by atoms with Crippen LogP contribution in [-0.2, 0) is 10.3 Å². The highest BCUT2D eigenvalue weighted by atomic mass is 16.5. The second-order valence-corrected chi connectivity index (χ2v) is 6.76. The number of imide groups is 1. The van der Waals surface area contributed by atoms with E-state index in [1.54, 1.807) is 43.3 Å². The Hall–Kier alpha value is -3.66. The molecule has 28 heavy (non-hydrogen) atoms. The lowest BCUT2D eigenvalue weighted by Gasteiger charge is -2.22. The third-order valence-corrected chi connectivity index (χ3v) is 4.82. The van der Waals surface area contributed by atoms with Gasteiger partial charge in [0.15, 0.2) is 5.78 Å². The molecule has 0 aliphatic carbocycles. The van der Waals surface area contributed by atoms with Crippen molar-refractivity contribution in [3.63, 3.8) is 0 Å². The second kappa shape index (κ2) is 7.16. The van der Waals surface area contributed by atoms with Crippen LogP contribution in [0.3, 0.4) is 0 Å². The molecule has 0 aromatic heterocycles. The Morgan fingerprint density at radius 2 is 1.89 bits per heavy atom. The summed E-state index contributed by atoms with van der Waals surface area (Å²) in [4.78, 5) is 39.1. The number of methoxy groups -OCH3 is 1. The molecule has 1 saturated heterocycles. The summed E-state index contributed by atoms with van der Waals surface area (Å²) in [6.07, 6.45) is 0. The van der Waals surface area contributed by atoms with Gasteiger partial charge in [-0.2, -0.15) is 5.26 Å². The van der Waals surface area contributed by atoms with E-state index in [1.165, 1.54) is 7.11 Å². The Labute approximate surface area is 162 Å². The Morgan fingerprint density at radius 1 is 1.21 bits per heavy atom. The van der Waals surface area contributed by atoms with E-state index < -0.39 is 29.8 Å². The Kier molecular flexibility index (Phi) is 4.89. The normalized spacial score (nSPS) is 18.6. The number of ketones is 1. The highest BCUT2D eigenvalue weighted by molar-refractivity contribution is 6.11. The van der Waals surface area contributed by atoms with E-state index in [4.69, 9.17) is 10.00 Å². The molecule has 0 spiro atoms. The fourth-order valence-electron chi connectivity index (χ4n) is 3.18. The summed E-state index contributed by atoms with van der Waals surface area (Å²) in [5.74, 6) is -0.534. The number of nitriles is 1. The average Bonchev–Trinajstić information content (AvgIpc) is 2.92. The van der Waals surface area contributed by atoms with Crippen LogP contribution < -0.4 is 10.1 Å². The van der Waals surface area contributed by atoms with Crippen molar-refractivity contribution in [1.29, 1.82) is 5.26 Å². The molecule has 0 unspecified atom stereocenters. The Morgan fingerprint density at radius 3 is 2.50 bits per heavy atom. The topological polar surface area (TPSA) is 99.5 Å². The number of benzene rings is 2. The minimum atomic E-state index is -1.30. The molecule has 0 saturated carbocycles. The zero-order chi connectivity index (χ0) is 20.5. The maximum atomic E-state index is 13.0. The average molecular weight is 377 g/mol. The summed E-state index contributed by atoms with van der Waals surface area (Å²) in [6, 6.07) is 12.9. The van der Waals surface area contributed by atoms with Crippen molar-refractivity contribution in [3.05, 3.63) is 64.7 Å². The van der Waals surface area contributed by atoms with Crippen molar-refractivity contribution in [2.75, 3.05) is 13.7 Å². The number of ether oxygens (including phenoxy) is 1. The molecule has 1 aliphatic heterocycles. The van der Waals surface area contributed by atoms with Crippen molar-refractivity contribution in [3.8, 4) is 11.8 Å². The second-order valence-electron chi connectivity index (χ2n) is 6.76. The number of carbonyl (C=O) groups excluding carboxylic acids is 3. The number of Topliss-reactive ketones (excluding diaryl/α,β-unsaturated/α-hetero) is 1. The van der Waals surface area contributed by atoms with Crippen molar-refractivity contribution >= 4 is 17.7 Å². The van der Waals surface area contributed by atoms with Crippen LogP contribution in [0.2, 0.25) is 0 Å². The van der Waals surface area contributed by atoms with Gasteiger partial charge in [0.1, 0.15) is 11.3 Å². The van der Waals surface area contributed by atoms with Crippen molar-refractivity contribution in [2.45, 2.75) is 19.4 Å². The number of aryl methyl sites for hydroxylation is 1. The maximum absolute atomic E-state index is 13.0. The summed E-state index contributed by atoms with van der Waals surface area (Å²) in [6.45, 7) is 3.02. The standard InChI is InChI=1S/C21H19N3O4/c1-13-4-9-18(28-3)16(10-13)17(25)12-24-19(26)21(2,23-20(24)27)15-7-5-14(11-22)6-8-15/h4-10H,12H2,1-3H3,(H,23,27)/t21-/m1/s1. The number of carbonyl (C=O) groups is 3. The number of urea groups is 1. The van der Waals surface area contributed by atoms with Crippen molar-refractivity contribution in [2.24, 2.45) is 0 Å². The minimum Gasteiger partial charge on any atom is -0.496 e. The summed E-state index contributed by atoms with van der Waals surface area (Å²) in [5, 5.41) is 11.6. The molecule has 0 bridgehead atoms. The molecule has 7 nitrogen and oxygen atoms in total. The van der Waals surface area contributed by atoms with Gasteiger partial charge in [0, 0.05) is 0 Å². The Balaban J connectivity index is 1.87. The SMILES string of the molecule is COc1ccc(C)cc1C(=O)CN1C(=O)N[C@](C)(c2ccc(C#N)cc2)C1=O. The van der Waals surface area contributed by atoms with E-state index in [1.807, 2.05) is 19.1 Å². The first-order valence-corrected chi connectivity index (χ1v) is 8.62. The van der Waals surface area contributed by atoms with E-state index in [2.05, 4.69) is 5.32 Å². The van der Waals surface area contributed by atoms with Gasteiger partial charge in [-0.15, -0.1) is 0 Å². The number of amides is 3. The van der Waals surface area contributed by atoms with Crippen LogP contribution in [0.15, 0.2) is 42.5 Å². The van der Waals surface area contributed by atoms with Crippen LogP contribution in [0, 0.1) is 18.3 Å². The number of hydrogen-bond donors (Lipinski definition) is 1. The summed E-state index contributed by atoms with van der Waals surface area (Å²) in [5.41, 5.74) is 0.858. The summed E-state index contributed by atoms with van der Waals surface area (Å²) < 4.78 is 5.22. The molecule has 3 amide bonds. The van der Waals surface area contributed by atoms with Gasteiger partial charge in [-0.25, -0.2) is 4.79 Å². The van der Waals surface area contributed by atoms with Gasteiger partial charge < -0.3 is 10.1 Å². The highest BCUT2D eigenvalue weighted by Gasteiger charge is 2.49. The van der Waals surface area contributed by atoms with Crippen LogP contribution in [0.25, 0.3) is 0 Å². The Bertz CT molecular complexity index is 1010. The quantitative estimate of drug-likeness (QED) is 0.638. The third kappa shape index (κ3) is 3.21. The first-order valence-electron chi connectivity index (χ1n) is 8.62. The number of nitrogens with zero attached hydrogens (tertiary/aromatic N) is 2. The first kappa shape index (κ1) is 19.1. The molecule has 142 valence electrons. The number of nitrogens with one attached hydrogen (secondary N) is 1. The van der Waals surface area contributed by atoms with Crippen LogP contribution >= 0.6 is 0 Å². The first-order chi connectivity index (χ1) is 13.3. The zero-order valence-corrected chi connectivity index (χ0v) is 15.8. The molecule has 1 fully saturated rings. The predicted molar refractivity (Wildman–Crippen MR) is 101 cm³/mol.